The molecule has 0 bridgehead atoms. The topological polar surface area (TPSA) is 29.5 Å². The van der Waals surface area contributed by atoms with Crippen molar-refractivity contribution in [2.75, 3.05) is 20.2 Å². The predicted molar refractivity (Wildman–Crippen MR) is 75.0 cm³/mol. The molecule has 0 unspecified atom stereocenters. The van der Waals surface area contributed by atoms with Crippen LogP contribution >= 0.6 is 15.9 Å². The molecule has 18 heavy (non-hydrogen) atoms. The van der Waals surface area contributed by atoms with Gasteiger partial charge in [0.1, 0.15) is 5.75 Å². The average molecular weight is 312 g/mol. The van der Waals surface area contributed by atoms with Crippen LogP contribution < -0.4 is 4.74 Å². The van der Waals surface area contributed by atoms with Gasteiger partial charge in [0.2, 0.25) is 0 Å². The number of benzene rings is 1. The fourth-order valence-corrected chi connectivity index (χ4v) is 2.67. The van der Waals surface area contributed by atoms with Crippen molar-refractivity contribution in [3.05, 3.63) is 28.2 Å². The molecule has 0 saturated carbocycles. The highest BCUT2D eigenvalue weighted by Gasteiger charge is 2.33. The van der Waals surface area contributed by atoms with E-state index in [0.717, 1.165) is 24.0 Å². The van der Waals surface area contributed by atoms with E-state index >= 15 is 0 Å². The van der Waals surface area contributed by atoms with E-state index < -0.39 is 0 Å². The van der Waals surface area contributed by atoms with Gasteiger partial charge in [-0.25, -0.2) is 0 Å². The molecule has 0 spiro atoms. The highest BCUT2D eigenvalue weighted by Crippen LogP contribution is 2.31. The first-order chi connectivity index (χ1) is 8.43. The van der Waals surface area contributed by atoms with Crippen molar-refractivity contribution < 1.29 is 9.53 Å². The molecule has 0 N–H and O–H groups in total. The third-order valence-electron chi connectivity index (χ3n) is 3.37. The lowest BCUT2D eigenvalue weighted by atomic mass is 9.93. The standard InChI is InChI=1S/C14H18BrNO2/c1-14(2)6-7-16(9-14)13(17)11-8-10(18-3)4-5-12(11)15/h4-5,8H,6-7,9H2,1-3H3. The van der Waals surface area contributed by atoms with Crippen molar-refractivity contribution in [2.45, 2.75) is 20.3 Å². The molecular weight excluding hydrogens is 294 g/mol. The number of amides is 1. The third-order valence-corrected chi connectivity index (χ3v) is 4.06. The van der Waals surface area contributed by atoms with Gasteiger partial charge in [-0.15, -0.1) is 0 Å². The number of methoxy groups -OCH3 is 1. The Labute approximate surface area is 116 Å². The summed E-state index contributed by atoms with van der Waals surface area (Å²) in [5, 5.41) is 0. The molecule has 0 aliphatic carbocycles. The van der Waals surface area contributed by atoms with Gasteiger partial charge in [-0.3, -0.25) is 4.79 Å². The second-order valence-corrected chi connectivity index (χ2v) is 6.34. The van der Waals surface area contributed by atoms with Gasteiger partial charge in [-0.2, -0.15) is 0 Å². The van der Waals surface area contributed by atoms with Crippen LogP contribution in [0.4, 0.5) is 0 Å². The number of rotatable bonds is 2. The second kappa shape index (κ2) is 4.92. The maximum Gasteiger partial charge on any atom is 0.255 e. The van der Waals surface area contributed by atoms with Gasteiger partial charge < -0.3 is 9.64 Å². The van der Waals surface area contributed by atoms with Crippen LogP contribution in [0.1, 0.15) is 30.6 Å². The summed E-state index contributed by atoms with van der Waals surface area (Å²) in [5.74, 6) is 0.784. The lowest BCUT2D eigenvalue weighted by molar-refractivity contribution is 0.0777. The van der Waals surface area contributed by atoms with Crippen LogP contribution in [0, 0.1) is 5.41 Å². The Kier molecular flexibility index (Phi) is 3.66. The van der Waals surface area contributed by atoms with Gasteiger partial charge in [-0.1, -0.05) is 13.8 Å². The van der Waals surface area contributed by atoms with Crippen LogP contribution in [0.3, 0.4) is 0 Å². The van der Waals surface area contributed by atoms with Crippen molar-refractivity contribution in [2.24, 2.45) is 5.41 Å². The number of nitrogens with zero attached hydrogens (tertiary/aromatic N) is 1. The summed E-state index contributed by atoms with van der Waals surface area (Å²) in [6.07, 6.45) is 1.06. The molecule has 3 nitrogen and oxygen atoms in total. The molecule has 1 aromatic carbocycles. The molecule has 1 aromatic rings. The zero-order valence-corrected chi connectivity index (χ0v) is 12.6. The fraction of sp³-hybridized carbons (Fsp3) is 0.500. The Bertz CT molecular complexity index is 471. The first-order valence-corrected chi connectivity index (χ1v) is 6.85. The van der Waals surface area contributed by atoms with E-state index in [0.29, 0.717) is 11.3 Å². The van der Waals surface area contributed by atoms with Crippen LogP contribution in [0.2, 0.25) is 0 Å². The average Bonchev–Trinajstić information content (AvgIpc) is 2.69. The maximum absolute atomic E-state index is 12.5. The Morgan fingerprint density at radius 2 is 2.17 bits per heavy atom. The minimum Gasteiger partial charge on any atom is -0.497 e. The highest BCUT2D eigenvalue weighted by atomic mass is 79.9. The highest BCUT2D eigenvalue weighted by molar-refractivity contribution is 9.10. The van der Waals surface area contributed by atoms with Crippen LogP contribution in [0.15, 0.2) is 22.7 Å². The van der Waals surface area contributed by atoms with Gasteiger partial charge in [0.05, 0.1) is 12.7 Å². The summed E-state index contributed by atoms with van der Waals surface area (Å²) in [6, 6.07) is 5.49. The van der Waals surface area contributed by atoms with Crippen LogP contribution in [0.5, 0.6) is 5.75 Å². The van der Waals surface area contributed by atoms with Crippen molar-refractivity contribution in [1.82, 2.24) is 4.90 Å². The molecule has 1 amide bonds. The van der Waals surface area contributed by atoms with Crippen molar-refractivity contribution in [3.63, 3.8) is 0 Å². The van der Waals surface area contributed by atoms with E-state index in [1.807, 2.05) is 17.0 Å². The normalized spacial score (nSPS) is 17.9. The first kappa shape index (κ1) is 13.4. The molecule has 1 saturated heterocycles. The third kappa shape index (κ3) is 2.69. The van der Waals surface area contributed by atoms with E-state index in [1.165, 1.54) is 0 Å². The van der Waals surface area contributed by atoms with E-state index in [-0.39, 0.29) is 11.3 Å². The molecule has 1 fully saturated rings. The van der Waals surface area contributed by atoms with Crippen LogP contribution in [-0.2, 0) is 0 Å². The van der Waals surface area contributed by atoms with Gasteiger partial charge in [0.25, 0.3) is 5.91 Å². The summed E-state index contributed by atoms with van der Waals surface area (Å²) in [5.41, 5.74) is 0.896. The summed E-state index contributed by atoms with van der Waals surface area (Å²) >= 11 is 3.43. The lowest BCUT2D eigenvalue weighted by Gasteiger charge is -2.20. The molecule has 98 valence electrons. The van der Waals surface area contributed by atoms with E-state index in [9.17, 15) is 4.79 Å². The molecule has 1 aliphatic heterocycles. The Morgan fingerprint density at radius 3 is 2.72 bits per heavy atom. The predicted octanol–water partition coefficient (Wildman–Crippen LogP) is 3.33. The molecular formula is C14H18BrNO2. The van der Waals surface area contributed by atoms with Crippen LogP contribution in [0.25, 0.3) is 0 Å². The zero-order valence-electron chi connectivity index (χ0n) is 11.0. The summed E-state index contributed by atoms with van der Waals surface area (Å²) in [6.45, 7) is 6.03. The number of ether oxygens (including phenoxy) is 1. The van der Waals surface area contributed by atoms with Crippen LogP contribution in [-0.4, -0.2) is 31.0 Å². The Hall–Kier alpha value is -1.03. The molecule has 1 heterocycles. The number of hydrogen-bond acceptors (Lipinski definition) is 2. The van der Waals surface area contributed by atoms with Gasteiger partial charge >= 0.3 is 0 Å². The van der Waals surface area contributed by atoms with Gasteiger partial charge in [0, 0.05) is 17.6 Å². The number of hydrogen-bond donors (Lipinski definition) is 0. The second-order valence-electron chi connectivity index (χ2n) is 5.49. The molecule has 0 radical (unpaired) electrons. The number of halogens is 1. The van der Waals surface area contributed by atoms with E-state index in [1.54, 1.807) is 13.2 Å². The number of carbonyl (C=O) groups excluding carboxylic acids is 1. The fourth-order valence-electron chi connectivity index (χ4n) is 2.25. The number of carbonyl (C=O) groups is 1. The Morgan fingerprint density at radius 1 is 1.44 bits per heavy atom. The van der Waals surface area contributed by atoms with Crippen molar-refractivity contribution in [3.8, 4) is 5.75 Å². The van der Waals surface area contributed by atoms with Gasteiger partial charge in [-0.05, 0) is 46.0 Å². The van der Waals surface area contributed by atoms with E-state index in [4.69, 9.17) is 4.74 Å². The maximum atomic E-state index is 12.5. The smallest absolute Gasteiger partial charge is 0.255 e. The van der Waals surface area contributed by atoms with Crippen molar-refractivity contribution in [1.29, 1.82) is 0 Å². The minimum absolute atomic E-state index is 0.0753. The largest absolute Gasteiger partial charge is 0.497 e. The molecule has 4 heteroatoms. The molecule has 0 aromatic heterocycles. The molecule has 1 aliphatic rings. The first-order valence-electron chi connectivity index (χ1n) is 6.06. The molecule has 0 atom stereocenters. The molecule has 2 rings (SSSR count). The monoisotopic (exact) mass is 311 g/mol. The lowest BCUT2D eigenvalue weighted by Crippen LogP contribution is -2.30. The quantitative estimate of drug-likeness (QED) is 0.838. The summed E-state index contributed by atoms with van der Waals surface area (Å²) in [7, 11) is 1.61. The van der Waals surface area contributed by atoms with Crippen molar-refractivity contribution >= 4 is 21.8 Å². The zero-order chi connectivity index (χ0) is 13.3. The van der Waals surface area contributed by atoms with E-state index in [2.05, 4.69) is 29.8 Å². The Balaban J connectivity index is 2.24. The minimum atomic E-state index is 0.0753. The summed E-state index contributed by atoms with van der Waals surface area (Å²) in [4.78, 5) is 14.4. The van der Waals surface area contributed by atoms with Gasteiger partial charge in [0.15, 0.2) is 0 Å². The SMILES string of the molecule is COc1ccc(Br)c(C(=O)N2CCC(C)(C)C2)c1. The number of likely N-dealkylation sites (tertiary alicyclic amines) is 1. The summed E-state index contributed by atoms with van der Waals surface area (Å²) < 4.78 is 5.99.